The zero-order valence-electron chi connectivity index (χ0n) is 8.20. The number of carboxylic acid groups (broad SMARTS) is 1. The van der Waals surface area contributed by atoms with Crippen LogP contribution in [0.25, 0.3) is 0 Å². The molecule has 4 heteroatoms. The minimum Gasteiger partial charge on any atom is -0.479 e. The molecule has 0 radical (unpaired) electrons. The van der Waals surface area contributed by atoms with E-state index in [-0.39, 0.29) is 6.61 Å². The molecule has 1 aliphatic carbocycles. The molecule has 0 aromatic carbocycles. The topological polar surface area (TPSA) is 55.8 Å². The third-order valence-electron chi connectivity index (χ3n) is 3.00. The molecule has 2 aliphatic rings. The first-order valence-electron chi connectivity index (χ1n) is 5.26. The van der Waals surface area contributed by atoms with E-state index in [4.69, 9.17) is 14.6 Å². The summed E-state index contributed by atoms with van der Waals surface area (Å²) >= 11 is 0. The second kappa shape index (κ2) is 3.87. The maximum atomic E-state index is 10.7. The van der Waals surface area contributed by atoms with Gasteiger partial charge in [0.05, 0.1) is 6.61 Å². The highest BCUT2D eigenvalue weighted by atomic mass is 16.8. The van der Waals surface area contributed by atoms with Gasteiger partial charge in [-0.1, -0.05) is 12.8 Å². The van der Waals surface area contributed by atoms with Crippen LogP contribution in [0.4, 0.5) is 0 Å². The lowest BCUT2D eigenvalue weighted by Gasteiger charge is -2.25. The van der Waals surface area contributed by atoms with Crippen molar-refractivity contribution in [3.63, 3.8) is 0 Å². The van der Waals surface area contributed by atoms with E-state index in [1.54, 1.807) is 0 Å². The standard InChI is InChI=1S/C10H16O4/c11-9(12)8-7-13-10(14-8)5-3-1-2-4-6-10/h8H,1-7H2,(H,11,12). The first-order chi connectivity index (χ1) is 6.72. The Bertz CT molecular complexity index is 218. The first kappa shape index (κ1) is 9.93. The molecule has 0 bridgehead atoms. The fourth-order valence-corrected chi connectivity index (χ4v) is 2.21. The summed E-state index contributed by atoms with van der Waals surface area (Å²) in [4.78, 5) is 10.7. The quantitative estimate of drug-likeness (QED) is 0.697. The van der Waals surface area contributed by atoms with Gasteiger partial charge in [0.2, 0.25) is 0 Å². The molecule has 1 saturated heterocycles. The lowest BCUT2D eigenvalue weighted by molar-refractivity contribution is -0.185. The Morgan fingerprint density at radius 2 is 1.86 bits per heavy atom. The van der Waals surface area contributed by atoms with E-state index in [0.29, 0.717) is 0 Å². The first-order valence-corrected chi connectivity index (χ1v) is 5.26. The molecule has 1 heterocycles. The van der Waals surface area contributed by atoms with Gasteiger partial charge in [0, 0.05) is 12.8 Å². The molecule has 2 fully saturated rings. The van der Waals surface area contributed by atoms with Crippen molar-refractivity contribution in [1.29, 1.82) is 0 Å². The number of hydrogen-bond acceptors (Lipinski definition) is 3. The molecule has 80 valence electrons. The monoisotopic (exact) mass is 200 g/mol. The van der Waals surface area contributed by atoms with Crippen LogP contribution in [0.15, 0.2) is 0 Å². The Labute approximate surface area is 83.2 Å². The second-order valence-electron chi connectivity index (χ2n) is 4.08. The van der Waals surface area contributed by atoms with Gasteiger partial charge < -0.3 is 14.6 Å². The fourth-order valence-electron chi connectivity index (χ4n) is 2.21. The number of ether oxygens (including phenoxy) is 2. The molecule has 2 rings (SSSR count). The maximum absolute atomic E-state index is 10.7. The van der Waals surface area contributed by atoms with Crippen LogP contribution in [0.2, 0.25) is 0 Å². The van der Waals surface area contributed by atoms with Crippen LogP contribution < -0.4 is 0 Å². The van der Waals surface area contributed by atoms with Crippen molar-refractivity contribution >= 4 is 5.97 Å². The van der Waals surface area contributed by atoms with Gasteiger partial charge in [-0.2, -0.15) is 0 Å². The Morgan fingerprint density at radius 3 is 2.36 bits per heavy atom. The van der Waals surface area contributed by atoms with Crippen molar-refractivity contribution in [1.82, 2.24) is 0 Å². The van der Waals surface area contributed by atoms with Crippen LogP contribution in [-0.4, -0.2) is 29.6 Å². The van der Waals surface area contributed by atoms with E-state index in [2.05, 4.69) is 0 Å². The average molecular weight is 200 g/mol. The molecule has 0 aromatic heterocycles. The van der Waals surface area contributed by atoms with Crippen molar-refractivity contribution in [3.05, 3.63) is 0 Å². The van der Waals surface area contributed by atoms with Gasteiger partial charge in [0.15, 0.2) is 11.9 Å². The summed E-state index contributed by atoms with van der Waals surface area (Å²) < 4.78 is 11.0. The summed E-state index contributed by atoms with van der Waals surface area (Å²) in [7, 11) is 0. The molecule has 14 heavy (non-hydrogen) atoms. The minimum absolute atomic E-state index is 0.204. The highest BCUT2D eigenvalue weighted by molar-refractivity contribution is 5.72. The van der Waals surface area contributed by atoms with E-state index in [1.165, 1.54) is 12.8 Å². The van der Waals surface area contributed by atoms with Crippen LogP contribution in [0.5, 0.6) is 0 Å². The van der Waals surface area contributed by atoms with Crippen LogP contribution in [-0.2, 0) is 14.3 Å². The van der Waals surface area contributed by atoms with Gasteiger partial charge in [-0.15, -0.1) is 0 Å². The number of carboxylic acids is 1. The second-order valence-corrected chi connectivity index (χ2v) is 4.08. The summed E-state index contributed by atoms with van der Waals surface area (Å²) in [6, 6.07) is 0. The van der Waals surface area contributed by atoms with Crippen LogP contribution in [0, 0.1) is 0 Å². The summed E-state index contributed by atoms with van der Waals surface area (Å²) in [5.41, 5.74) is 0. The lowest BCUT2D eigenvalue weighted by Crippen LogP contribution is -2.32. The molecule has 1 N–H and O–H groups in total. The summed E-state index contributed by atoms with van der Waals surface area (Å²) in [6.45, 7) is 0.204. The highest BCUT2D eigenvalue weighted by Gasteiger charge is 2.44. The number of aliphatic carboxylic acids is 1. The van der Waals surface area contributed by atoms with Crippen molar-refractivity contribution in [2.45, 2.75) is 50.4 Å². The normalized spacial score (nSPS) is 31.6. The predicted molar refractivity (Wildman–Crippen MR) is 48.9 cm³/mol. The minimum atomic E-state index is -0.911. The van der Waals surface area contributed by atoms with Crippen molar-refractivity contribution in [2.24, 2.45) is 0 Å². The van der Waals surface area contributed by atoms with Crippen LogP contribution in [0.3, 0.4) is 0 Å². The number of rotatable bonds is 1. The third-order valence-corrected chi connectivity index (χ3v) is 3.00. The Balaban J connectivity index is 1.99. The predicted octanol–water partition coefficient (Wildman–Crippen LogP) is 1.54. The van der Waals surface area contributed by atoms with Crippen molar-refractivity contribution in [3.8, 4) is 0 Å². The molecule has 1 unspecified atom stereocenters. The van der Waals surface area contributed by atoms with E-state index >= 15 is 0 Å². The molecule has 4 nitrogen and oxygen atoms in total. The number of carbonyl (C=O) groups is 1. The third kappa shape index (κ3) is 1.91. The summed E-state index contributed by atoms with van der Waals surface area (Å²) in [5, 5.41) is 8.79. The van der Waals surface area contributed by atoms with Crippen LogP contribution in [0.1, 0.15) is 38.5 Å². The summed E-state index contributed by atoms with van der Waals surface area (Å²) in [6.07, 6.45) is 5.48. The zero-order valence-corrected chi connectivity index (χ0v) is 8.20. The molecular formula is C10H16O4. The van der Waals surface area contributed by atoms with Crippen molar-refractivity contribution < 1.29 is 19.4 Å². The van der Waals surface area contributed by atoms with Gasteiger partial charge in [0.1, 0.15) is 0 Å². The van der Waals surface area contributed by atoms with Gasteiger partial charge in [-0.05, 0) is 12.8 Å². The zero-order chi connectivity index (χ0) is 10.0. The summed E-state index contributed by atoms with van der Waals surface area (Å²) in [5.74, 6) is -1.48. The van der Waals surface area contributed by atoms with Gasteiger partial charge >= 0.3 is 5.97 Å². The van der Waals surface area contributed by atoms with Gasteiger partial charge in [0.25, 0.3) is 0 Å². The highest BCUT2D eigenvalue weighted by Crippen LogP contribution is 2.36. The van der Waals surface area contributed by atoms with Crippen molar-refractivity contribution in [2.75, 3.05) is 6.61 Å². The molecule has 1 aliphatic heterocycles. The smallest absolute Gasteiger partial charge is 0.335 e. The Morgan fingerprint density at radius 1 is 1.21 bits per heavy atom. The molecule has 1 atom stereocenters. The Hall–Kier alpha value is -0.610. The lowest BCUT2D eigenvalue weighted by atomic mass is 10.1. The van der Waals surface area contributed by atoms with Gasteiger partial charge in [-0.3, -0.25) is 0 Å². The molecule has 1 saturated carbocycles. The Kier molecular flexibility index (Phi) is 2.74. The van der Waals surface area contributed by atoms with Gasteiger partial charge in [-0.25, -0.2) is 4.79 Å². The molecule has 1 spiro atoms. The largest absolute Gasteiger partial charge is 0.479 e. The number of hydrogen-bond donors (Lipinski definition) is 1. The average Bonchev–Trinajstić information content (AvgIpc) is 2.41. The molecular weight excluding hydrogens is 184 g/mol. The van der Waals surface area contributed by atoms with E-state index < -0.39 is 17.9 Å². The molecule has 0 amide bonds. The maximum Gasteiger partial charge on any atom is 0.335 e. The van der Waals surface area contributed by atoms with E-state index in [9.17, 15) is 4.79 Å². The van der Waals surface area contributed by atoms with E-state index in [0.717, 1.165) is 25.7 Å². The van der Waals surface area contributed by atoms with Crippen LogP contribution >= 0.6 is 0 Å². The SMILES string of the molecule is O=C(O)C1COC2(CCCCCC2)O1. The fraction of sp³-hybridized carbons (Fsp3) is 0.900. The molecule has 0 aromatic rings. The van der Waals surface area contributed by atoms with E-state index in [1.807, 2.05) is 0 Å².